The number of aryl methyl sites for hydroxylation is 1. The van der Waals surface area contributed by atoms with Gasteiger partial charge in [-0.1, -0.05) is 13.8 Å². The molecule has 0 bridgehead atoms. The predicted molar refractivity (Wildman–Crippen MR) is 148 cm³/mol. The smallest absolute Gasteiger partial charge is 0.224 e. The van der Waals surface area contributed by atoms with E-state index in [0.717, 1.165) is 50.3 Å². The second-order valence-electron chi connectivity index (χ2n) is 9.49. The first-order valence-electron chi connectivity index (χ1n) is 12.1. The molecule has 6 aromatic heterocycles. The molecule has 0 atom stereocenters. The number of carbonyl (C=O) groups excluding carboxylic acids is 1. The van der Waals surface area contributed by atoms with Crippen LogP contribution in [0.5, 0.6) is 0 Å². The molecule has 0 spiro atoms. The fraction of sp³-hybridized carbons (Fsp3) is 0.179. The van der Waals surface area contributed by atoms with Gasteiger partial charge in [-0.05, 0) is 55.3 Å². The van der Waals surface area contributed by atoms with Gasteiger partial charge in [0.25, 0.3) is 0 Å². The first kappa shape index (κ1) is 23.1. The van der Waals surface area contributed by atoms with E-state index >= 15 is 0 Å². The fourth-order valence-corrected chi connectivity index (χ4v) is 5.33. The maximum atomic E-state index is 12.2. The van der Waals surface area contributed by atoms with E-state index in [-0.39, 0.29) is 11.8 Å². The van der Waals surface area contributed by atoms with E-state index < -0.39 is 0 Å². The number of hydrogen-bond acceptors (Lipinski definition) is 6. The number of H-pyrrole nitrogens is 2. The van der Waals surface area contributed by atoms with Gasteiger partial charge in [-0.2, -0.15) is 5.10 Å². The lowest BCUT2D eigenvalue weighted by atomic mass is 10.1. The highest BCUT2D eigenvalue weighted by Crippen LogP contribution is 2.36. The van der Waals surface area contributed by atoms with Gasteiger partial charge >= 0.3 is 0 Å². The van der Waals surface area contributed by atoms with Crippen LogP contribution in [0.15, 0.2) is 61.1 Å². The maximum absolute atomic E-state index is 12.2. The molecule has 0 aliphatic carbocycles. The lowest BCUT2D eigenvalue weighted by Crippen LogP contribution is -2.13. The molecule has 0 saturated heterocycles. The topological polar surface area (TPSA) is 112 Å². The number of fused-ring (bicyclic) bond motifs is 2. The van der Waals surface area contributed by atoms with E-state index in [0.29, 0.717) is 12.1 Å². The van der Waals surface area contributed by atoms with E-state index in [4.69, 9.17) is 4.98 Å². The number of amides is 1. The number of pyridine rings is 3. The van der Waals surface area contributed by atoms with Gasteiger partial charge in [-0.25, -0.2) is 9.97 Å². The Balaban J connectivity index is 1.38. The van der Waals surface area contributed by atoms with E-state index in [9.17, 15) is 4.79 Å². The number of carbonyl (C=O) groups is 1. The summed E-state index contributed by atoms with van der Waals surface area (Å²) in [6, 6.07) is 14.2. The van der Waals surface area contributed by atoms with Crippen molar-refractivity contribution in [1.29, 1.82) is 0 Å². The molecule has 6 aromatic rings. The molecule has 0 aromatic carbocycles. The number of nitrogens with one attached hydrogen (secondary N) is 3. The summed E-state index contributed by atoms with van der Waals surface area (Å²) in [6.07, 6.45) is 5.67. The van der Waals surface area contributed by atoms with Crippen LogP contribution in [-0.2, 0) is 4.79 Å². The van der Waals surface area contributed by atoms with Gasteiger partial charge in [0.2, 0.25) is 5.91 Å². The highest BCUT2D eigenvalue weighted by molar-refractivity contribution is 7.15. The average molecular weight is 508 g/mol. The summed E-state index contributed by atoms with van der Waals surface area (Å²) in [6.45, 7) is 6.14. The van der Waals surface area contributed by atoms with Crippen molar-refractivity contribution in [3.8, 4) is 33.1 Å². The highest BCUT2D eigenvalue weighted by atomic mass is 32.1. The Hall–Kier alpha value is -4.37. The summed E-state index contributed by atoms with van der Waals surface area (Å²) in [7, 11) is 0. The lowest BCUT2D eigenvalue weighted by molar-refractivity contribution is -0.116. The Labute approximate surface area is 217 Å². The first-order valence-corrected chi connectivity index (χ1v) is 12.9. The molecule has 37 heavy (non-hydrogen) atoms. The minimum Gasteiger partial charge on any atom is -0.338 e. The number of aromatic nitrogens is 6. The number of thiophene rings is 1. The lowest BCUT2D eigenvalue weighted by Gasteiger charge is -2.08. The Morgan fingerprint density at radius 2 is 2.00 bits per heavy atom. The van der Waals surface area contributed by atoms with Crippen LogP contribution in [-0.4, -0.2) is 36.0 Å². The van der Waals surface area contributed by atoms with Crippen LogP contribution < -0.4 is 5.32 Å². The maximum Gasteiger partial charge on any atom is 0.224 e. The molecule has 0 aliphatic heterocycles. The van der Waals surface area contributed by atoms with Crippen molar-refractivity contribution in [2.24, 2.45) is 5.92 Å². The van der Waals surface area contributed by atoms with E-state index in [1.165, 1.54) is 9.75 Å². The zero-order valence-electron chi connectivity index (χ0n) is 20.7. The summed E-state index contributed by atoms with van der Waals surface area (Å²) in [5, 5.41) is 11.6. The van der Waals surface area contributed by atoms with Crippen LogP contribution >= 0.6 is 11.3 Å². The van der Waals surface area contributed by atoms with Crippen molar-refractivity contribution >= 4 is 45.0 Å². The molecule has 0 aliphatic rings. The molecule has 0 fully saturated rings. The van der Waals surface area contributed by atoms with Gasteiger partial charge in [0.1, 0.15) is 16.9 Å². The Bertz CT molecular complexity index is 1760. The summed E-state index contributed by atoms with van der Waals surface area (Å²) >= 11 is 1.76. The van der Waals surface area contributed by atoms with Gasteiger partial charge in [0, 0.05) is 45.1 Å². The van der Waals surface area contributed by atoms with Crippen LogP contribution in [0.2, 0.25) is 0 Å². The van der Waals surface area contributed by atoms with Crippen LogP contribution in [0.1, 0.15) is 25.1 Å². The molecule has 6 rings (SSSR count). The molecule has 6 heterocycles. The van der Waals surface area contributed by atoms with Gasteiger partial charge in [0.15, 0.2) is 0 Å². The summed E-state index contributed by atoms with van der Waals surface area (Å²) in [5.74, 6) is 0.254. The van der Waals surface area contributed by atoms with Gasteiger partial charge in [0.05, 0.1) is 28.8 Å². The minimum atomic E-state index is -0.0287. The van der Waals surface area contributed by atoms with Crippen molar-refractivity contribution < 1.29 is 4.79 Å². The molecular formula is C28H25N7OS. The van der Waals surface area contributed by atoms with Gasteiger partial charge in [-0.3, -0.25) is 14.9 Å². The summed E-state index contributed by atoms with van der Waals surface area (Å²) in [5.41, 5.74) is 7.28. The van der Waals surface area contributed by atoms with Crippen molar-refractivity contribution in [1.82, 2.24) is 30.1 Å². The molecule has 0 saturated carbocycles. The number of nitrogens with zero attached hydrogens (tertiary/aromatic N) is 4. The summed E-state index contributed by atoms with van der Waals surface area (Å²) in [4.78, 5) is 31.9. The monoisotopic (exact) mass is 507 g/mol. The molecule has 184 valence electrons. The normalized spacial score (nSPS) is 11.6. The molecule has 0 radical (unpaired) electrons. The Morgan fingerprint density at radius 1 is 1.11 bits per heavy atom. The third-order valence-corrected chi connectivity index (χ3v) is 7.15. The molecule has 8 nitrogen and oxygen atoms in total. The third kappa shape index (κ3) is 4.49. The van der Waals surface area contributed by atoms with Gasteiger partial charge in [-0.15, -0.1) is 11.3 Å². The van der Waals surface area contributed by atoms with E-state index in [2.05, 4.69) is 55.6 Å². The van der Waals surface area contributed by atoms with Crippen molar-refractivity contribution in [2.75, 3.05) is 5.32 Å². The molecule has 3 N–H and O–H groups in total. The van der Waals surface area contributed by atoms with E-state index in [1.807, 2.05) is 44.3 Å². The minimum absolute atomic E-state index is 0.0287. The highest BCUT2D eigenvalue weighted by Gasteiger charge is 2.17. The molecule has 1 amide bonds. The van der Waals surface area contributed by atoms with Crippen LogP contribution in [0.4, 0.5) is 5.69 Å². The average Bonchev–Trinajstić information content (AvgIpc) is 3.60. The summed E-state index contributed by atoms with van der Waals surface area (Å²) < 4.78 is 0. The second kappa shape index (κ2) is 9.25. The number of hydrogen-bond donors (Lipinski definition) is 3. The zero-order chi connectivity index (χ0) is 25.5. The fourth-order valence-electron chi connectivity index (χ4n) is 4.43. The Kier molecular flexibility index (Phi) is 5.77. The SMILES string of the molecule is Cc1ccc(-c2ccnc3[nH]c(-c4n[nH]c5ccc(-c6cncc(NC(=O)CC(C)C)c6)nc45)cc23)s1. The second-order valence-corrected chi connectivity index (χ2v) is 10.8. The van der Waals surface area contributed by atoms with Crippen LogP contribution in [0, 0.1) is 12.8 Å². The van der Waals surface area contributed by atoms with Crippen LogP contribution in [0.3, 0.4) is 0 Å². The number of rotatable bonds is 6. The quantitative estimate of drug-likeness (QED) is 0.236. The van der Waals surface area contributed by atoms with E-state index in [1.54, 1.807) is 23.7 Å². The largest absolute Gasteiger partial charge is 0.338 e. The Morgan fingerprint density at radius 3 is 2.81 bits per heavy atom. The molecule has 0 unspecified atom stereocenters. The zero-order valence-corrected chi connectivity index (χ0v) is 21.5. The first-order chi connectivity index (χ1) is 17.9. The third-order valence-electron chi connectivity index (χ3n) is 6.11. The molecule has 9 heteroatoms. The predicted octanol–water partition coefficient (Wildman–Crippen LogP) is 6.58. The number of aromatic amines is 2. The van der Waals surface area contributed by atoms with Gasteiger partial charge < -0.3 is 10.3 Å². The number of anilines is 1. The van der Waals surface area contributed by atoms with Crippen molar-refractivity contribution in [3.63, 3.8) is 0 Å². The van der Waals surface area contributed by atoms with Crippen molar-refractivity contribution in [2.45, 2.75) is 27.2 Å². The van der Waals surface area contributed by atoms with Crippen molar-refractivity contribution in [3.05, 3.63) is 65.9 Å². The molecular weight excluding hydrogens is 482 g/mol. The standard InChI is InChI=1S/C28H25N7OS/c1-15(2)10-25(36)31-18-11-17(13-29-14-18)21-5-6-22-26(32-21)27(35-34-22)23-12-20-19(8-9-30-28(20)33-23)24-7-4-16(3)37-24/h4-9,11-15H,10H2,1-3H3,(H,30,33)(H,31,36)(H,34,35). The van der Waals surface area contributed by atoms with Crippen LogP contribution in [0.25, 0.3) is 55.2 Å².